The van der Waals surface area contributed by atoms with Crippen molar-refractivity contribution < 1.29 is 4.79 Å². The Hall–Kier alpha value is -0.280. The average molecular weight is 165 g/mol. The Bertz CT molecular complexity index is 112. The van der Waals surface area contributed by atoms with Gasteiger partial charge < -0.3 is 11.1 Å². The summed E-state index contributed by atoms with van der Waals surface area (Å²) in [4.78, 5) is 10.3. The van der Waals surface area contributed by atoms with Crippen molar-refractivity contribution in [3.8, 4) is 0 Å². The quantitative estimate of drug-likeness (QED) is 0.606. The van der Waals surface area contributed by atoms with E-state index in [2.05, 4.69) is 5.32 Å². The number of nitrogens with two attached hydrogens (primary N) is 1. The van der Waals surface area contributed by atoms with Crippen LogP contribution in [-0.4, -0.2) is 18.5 Å². The van der Waals surface area contributed by atoms with Gasteiger partial charge in [-0.1, -0.05) is 0 Å². The van der Waals surface area contributed by atoms with Gasteiger partial charge in [0.1, 0.15) is 0 Å². The number of amides is 1. The van der Waals surface area contributed by atoms with Crippen molar-refractivity contribution in [3.05, 3.63) is 0 Å². The summed E-state index contributed by atoms with van der Waals surface area (Å²) in [7, 11) is 0. The van der Waals surface area contributed by atoms with E-state index in [0.717, 1.165) is 13.0 Å². The van der Waals surface area contributed by atoms with Crippen LogP contribution >= 0.6 is 12.4 Å². The first-order valence-electron chi connectivity index (χ1n) is 3.31. The van der Waals surface area contributed by atoms with Crippen molar-refractivity contribution in [3.63, 3.8) is 0 Å². The molecule has 0 aromatic rings. The Morgan fingerprint density at radius 2 is 2.40 bits per heavy atom. The molecule has 0 unspecified atom stereocenters. The number of hydrogen-bond donors (Lipinski definition) is 2. The van der Waals surface area contributed by atoms with Crippen LogP contribution in [0.5, 0.6) is 0 Å². The summed E-state index contributed by atoms with van der Waals surface area (Å²) in [6, 6.07) is 0.363. The van der Waals surface area contributed by atoms with Crippen LogP contribution in [0.4, 0.5) is 0 Å². The molecule has 0 saturated carbocycles. The first kappa shape index (κ1) is 9.72. The van der Waals surface area contributed by atoms with E-state index in [9.17, 15) is 4.79 Å². The van der Waals surface area contributed by atoms with Crippen LogP contribution in [0, 0.1) is 0 Å². The molecule has 1 aliphatic heterocycles. The molecule has 1 atom stereocenters. The van der Waals surface area contributed by atoms with Crippen molar-refractivity contribution in [2.24, 2.45) is 5.73 Å². The maximum atomic E-state index is 10.3. The largest absolute Gasteiger partial charge is 0.370 e. The van der Waals surface area contributed by atoms with Gasteiger partial charge in [0.15, 0.2) is 0 Å². The zero-order valence-corrected chi connectivity index (χ0v) is 6.62. The van der Waals surface area contributed by atoms with E-state index in [1.807, 2.05) is 0 Å². The molecule has 0 aromatic heterocycles. The van der Waals surface area contributed by atoms with E-state index >= 15 is 0 Å². The van der Waals surface area contributed by atoms with Gasteiger partial charge in [-0.05, 0) is 19.4 Å². The van der Waals surface area contributed by atoms with Gasteiger partial charge in [-0.3, -0.25) is 4.79 Å². The van der Waals surface area contributed by atoms with Crippen molar-refractivity contribution in [1.29, 1.82) is 0 Å². The van der Waals surface area contributed by atoms with Gasteiger partial charge in [0.2, 0.25) is 5.91 Å². The summed E-state index contributed by atoms with van der Waals surface area (Å²) in [5.74, 6) is -0.200. The molecule has 60 valence electrons. The first-order chi connectivity index (χ1) is 4.29. The SMILES string of the molecule is Cl.NC(=O)C[C@H]1CCCN1. The number of carbonyl (C=O) groups excluding carboxylic acids is 1. The van der Waals surface area contributed by atoms with Gasteiger partial charge in [-0.25, -0.2) is 0 Å². The van der Waals surface area contributed by atoms with Gasteiger partial charge >= 0.3 is 0 Å². The molecule has 1 aliphatic rings. The van der Waals surface area contributed by atoms with Crippen LogP contribution in [0.3, 0.4) is 0 Å². The Labute approximate surface area is 66.8 Å². The molecule has 1 saturated heterocycles. The highest BCUT2D eigenvalue weighted by atomic mass is 35.5. The lowest BCUT2D eigenvalue weighted by molar-refractivity contribution is -0.118. The van der Waals surface area contributed by atoms with Crippen molar-refractivity contribution in [1.82, 2.24) is 5.32 Å². The molecule has 3 N–H and O–H groups in total. The number of nitrogens with one attached hydrogen (secondary N) is 1. The topological polar surface area (TPSA) is 55.1 Å². The Balaban J connectivity index is 0.000000810. The molecule has 0 spiro atoms. The fourth-order valence-corrected chi connectivity index (χ4v) is 1.17. The zero-order chi connectivity index (χ0) is 6.69. The van der Waals surface area contributed by atoms with Crippen molar-refractivity contribution >= 4 is 18.3 Å². The smallest absolute Gasteiger partial charge is 0.218 e. The Kier molecular flexibility index (Phi) is 4.40. The second-order valence-electron chi connectivity index (χ2n) is 2.46. The fraction of sp³-hybridized carbons (Fsp3) is 0.833. The summed E-state index contributed by atoms with van der Waals surface area (Å²) >= 11 is 0. The third kappa shape index (κ3) is 3.03. The Morgan fingerprint density at radius 1 is 1.70 bits per heavy atom. The van der Waals surface area contributed by atoms with Gasteiger partial charge in [0.05, 0.1) is 0 Å². The maximum absolute atomic E-state index is 10.3. The second-order valence-corrected chi connectivity index (χ2v) is 2.46. The number of primary amides is 1. The highest BCUT2D eigenvalue weighted by Crippen LogP contribution is 2.07. The molecule has 1 amide bonds. The second kappa shape index (κ2) is 4.52. The van der Waals surface area contributed by atoms with Crippen LogP contribution in [0.25, 0.3) is 0 Å². The van der Waals surface area contributed by atoms with E-state index in [0.29, 0.717) is 12.5 Å². The summed E-state index contributed by atoms with van der Waals surface area (Å²) in [5, 5.41) is 3.19. The monoisotopic (exact) mass is 164 g/mol. The summed E-state index contributed by atoms with van der Waals surface area (Å²) in [5.41, 5.74) is 4.99. The van der Waals surface area contributed by atoms with E-state index < -0.39 is 0 Å². The molecule has 4 heteroatoms. The molecule has 0 aliphatic carbocycles. The lowest BCUT2D eigenvalue weighted by atomic mass is 10.1. The minimum atomic E-state index is -0.200. The van der Waals surface area contributed by atoms with Crippen LogP contribution in [-0.2, 0) is 4.79 Å². The standard InChI is InChI=1S/C6H12N2O.ClH/c7-6(9)4-5-2-1-3-8-5;/h5,8H,1-4H2,(H2,7,9);1H/t5-;/m1./s1. The van der Waals surface area contributed by atoms with Crippen molar-refractivity contribution in [2.45, 2.75) is 25.3 Å². The van der Waals surface area contributed by atoms with E-state index in [-0.39, 0.29) is 18.3 Å². The maximum Gasteiger partial charge on any atom is 0.218 e. The number of hydrogen-bond acceptors (Lipinski definition) is 2. The van der Waals surface area contributed by atoms with Gasteiger partial charge in [0.25, 0.3) is 0 Å². The molecule has 1 heterocycles. The summed E-state index contributed by atoms with van der Waals surface area (Å²) in [6.45, 7) is 1.04. The molecular formula is C6H13ClN2O. The number of carbonyl (C=O) groups is 1. The molecule has 0 bridgehead atoms. The van der Waals surface area contributed by atoms with Gasteiger partial charge in [0, 0.05) is 12.5 Å². The number of halogens is 1. The highest BCUT2D eigenvalue weighted by Gasteiger charge is 2.15. The third-order valence-electron chi connectivity index (χ3n) is 1.61. The molecule has 10 heavy (non-hydrogen) atoms. The van der Waals surface area contributed by atoms with E-state index in [1.165, 1.54) is 6.42 Å². The number of rotatable bonds is 2. The van der Waals surface area contributed by atoms with Crippen LogP contribution in [0.15, 0.2) is 0 Å². The minimum Gasteiger partial charge on any atom is -0.370 e. The molecule has 1 rings (SSSR count). The average Bonchev–Trinajstić information content (AvgIpc) is 2.15. The van der Waals surface area contributed by atoms with Crippen LogP contribution in [0.2, 0.25) is 0 Å². The van der Waals surface area contributed by atoms with Crippen LogP contribution in [0.1, 0.15) is 19.3 Å². The molecule has 3 nitrogen and oxygen atoms in total. The van der Waals surface area contributed by atoms with E-state index in [1.54, 1.807) is 0 Å². The zero-order valence-electron chi connectivity index (χ0n) is 5.80. The van der Waals surface area contributed by atoms with E-state index in [4.69, 9.17) is 5.73 Å². The molecule has 1 fully saturated rings. The highest BCUT2D eigenvalue weighted by molar-refractivity contribution is 5.85. The molecular weight excluding hydrogens is 152 g/mol. The predicted molar refractivity (Wildman–Crippen MR) is 42.1 cm³/mol. The molecule has 0 radical (unpaired) electrons. The predicted octanol–water partition coefficient (Wildman–Crippen LogP) is 0.0356. The first-order valence-corrected chi connectivity index (χ1v) is 3.31. The lowest BCUT2D eigenvalue weighted by Gasteiger charge is -2.04. The van der Waals surface area contributed by atoms with Crippen LogP contribution < -0.4 is 11.1 Å². The Morgan fingerprint density at radius 3 is 2.80 bits per heavy atom. The normalized spacial score (nSPS) is 23.8. The summed E-state index contributed by atoms with van der Waals surface area (Å²) < 4.78 is 0. The summed E-state index contributed by atoms with van der Waals surface area (Å²) in [6.07, 6.45) is 2.78. The van der Waals surface area contributed by atoms with Gasteiger partial charge in [-0.2, -0.15) is 0 Å². The lowest BCUT2D eigenvalue weighted by Crippen LogP contribution is -2.27. The van der Waals surface area contributed by atoms with Gasteiger partial charge in [-0.15, -0.1) is 12.4 Å². The van der Waals surface area contributed by atoms with Crippen molar-refractivity contribution in [2.75, 3.05) is 6.54 Å². The fourth-order valence-electron chi connectivity index (χ4n) is 1.17. The minimum absolute atomic E-state index is 0. The molecule has 0 aromatic carbocycles. The third-order valence-corrected chi connectivity index (χ3v) is 1.61.